The van der Waals surface area contributed by atoms with Crippen molar-refractivity contribution in [2.75, 3.05) is 13.9 Å². The number of anilines is 3. The number of hydrogen-bond acceptors (Lipinski definition) is 7. The second-order valence-corrected chi connectivity index (χ2v) is 9.11. The number of rotatable bonds is 4. The largest absolute Gasteiger partial charge is 0.359 e. The van der Waals surface area contributed by atoms with Gasteiger partial charge in [-0.05, 0) is 51.0 Å². The van der Waals surface area contributed by atoms with Crippen molar-refractivity contribution in [2.24, 2.45) is 0 Å². The average Bonchev–Trinajstić information content (AvgIpc) is 3.19. The Kier molecular flexibility index (Phi) is 3.94. The van der Waals surface area contributed by atoms with Crippen LogP contribution in [0.15, 0.2) is 42.6 Å². The van der Waals surface area contributed by atoms with Crippen molar-refractivity contribution in [1.29, 1.82) is 0 Å². The molecule has 134 valence electrons. The molecule has 0 amide bonds. The van der Waals surface area contributed by atoms with Crippen LogP contribution >= 0.6 is 23.5 Å². The van der Waals surface area contributed by atoms with Crippen molar-refractivity contribution in [3.63, 3.8) is 0 Å². The van der Waals surface area contributed by atoms with Gasteiger partial charge in [0.15, 0.2) is 10.9 Å². The first-order valence-corrected chi connectivity index (χ1v) is 10.6. The molecule has 0 bridgehead atoms. The molecule has 0 saturated heterocycles. The third kappa shape index (κ3) is 2.70. The van der Waals surface area contributed by atoms with Gasteiger partial charge in [-0.15, -0.1) is 0 Å². The molecule has 1 aliphatic heterocycles. The van der Waals surface area contributed by atoms with Crippen molar-refractivity contribution in [2.45, 2.75) is 44.8 Å². The summed E-state index contributed by atoms with van der Waals surface area (Å²) in [5.74, 6) is 1.11. The first-order chi connectivity index (χ1) is 12.7. The summed E-state index contributed by atoms with van der Waals surface area (Å²) in [6, 6.07) is 14.0. The van der Waals surface area contributed by atoms with Crippen LogP contribution in [0.5, 0.6) is 0 Å². The van der Waals surface area contributed by atoms with E-state index in [0.29, 0.717) is 18.1 Å². The van der Waals surface area contributed by atoms with E-state index in [9.17, 15) is 0 Å². The first-order valence-electron chi connectivity index (χ1n) is 9.03. The van der Waals surface area contributed by atoms with Gasteiger partial charge >= 0.3 is 0 Å². The Morgan fingerprint density at radius 3 is 2.81 bits per heavy atom. The molecule has 1 aromatic carbocycles. The zero-order chi connectivity index (χ0) is 17.7. The normalized spacial score (nSPS) is 22.0. The molecule has 0 radical (unpaired) electrons. The van der Waals surface area contributed by atoms with E-state index in [4.69, 9.17) is 4.98 Å². The molecule has 1 saturated carbocycles. The van der Waals surface area contributed by atoms with Gasteiger partial charge in [0, 0.05) is 24.3 Å². The van der Waals surface area contributed by atoms with Crippen LogP contribution in [0, 0.1) is 0 Å². The Morgan fingerprint density at radius 1 is 1.15 bits per heavy atom. The highest BCUT2D eigenvalue weighted by Gasteiger charge is 2.41. The van der Waals surface area contributed by atoms with Crippen LogP contribution in [-0.2, 0) is 0 Å². The molecular formula is C19H21N5S2. The summed E-state index contributed by atoms with van der Waals surface area (Å²) < 4.78 is 5.99. The highest BCUT2D eigenvalue weighted by molar-refractivity contribution is 8.02. The predicted molar refractivity (Wildman–Crippen MR) is 112 cm³/mol. The maximum atomic E-state index is 4.70. The van der Waals surface area contributed by atoms with E-state index in [1.807, 2.05) is 18.3 Å². The molecule has 7 heteroatoms. The Labute approximate surface area is 161 Å². The van der Waals surface area contributed by atoms with Gasteiger partial charge in [-0.2, -0.15) is 0 Å². The summed E-state index contributed by atoms with van der Waals surface area (Å²) in [5.41, 5.74) is 2.31. The van der Waals surface area contributed by atoms with Crippen LogP contribution in [0.25, 0.3) is 10.2 Å². The molecule has 2 aromatic heterocycles. The number of fused-ring (bicyclic) bond motifs is 2. The molecule has 0 unspecified atom stereocenters. The summed E-state index contributed by atoms with van der Waals surface area (Å²) >= 11 is 3.55. The highest BCUT2D eigenvalue weighted by atomic mass is 32.2. The van der Waals surface area contributed by atoms with Crippen molar-refractivity contribution in [3.05, 3.63) is 42.6 Å². The maximum Gasteiger partial charge on any atom is 0.184 e. The second kappa shape index (κ2) is 6.32. The van der Waals surface area contributed by atoms with Crippen molar-refractivity contribution in [3.8, 4) is 0 Å². The van der Waals surface area contributed by atoms with Crippen molar-refractivity contribution < 1.29 is 0 Å². The number of benzene rings is 1. The average molecular weight is 384 g/mol. The zero-order valence-electron chi connectivity index (χ0n) is 14.8. The lowest BCUT2D eigenvalue weighted by Crippen LogP contribution is -2.47. The number of para-hydroxylation sites is 1. The number of hydrogen-bond donors (Lipinski definition) is 1. The zero-order valence-corrected chi connectivity index (χ0v) is 16.4. The third-order valence-electron chi connectivity index (χ3n) is 4.92. The number of aromatic nitrogens is 2. The number of pyridine rings is 1. The van der Waals surface area contributed by atoms with E-state index < -0.39 is 0 Å². The molecule has 3 aromatic rings. The van der Waals surface area contributed by atoms with Crippen LogP contribution in [0.2, 0.25) is 0 Å². The van der Waals surface area contributed by atoms with Gasteiger partial charge in [-0.25, -0.2) is 9.97 Å². The lowest BCUT2D eigenvalue weighted by atomic mass is 9.87. The molecule has 0 spiro atoms. The van der Waals surface area contributed by atoms with Gasteiger partial charge < -0.3 is 5.32 Å². The van der Waals surface area contributed by atoms with E-state index in [1.54, 1.807) is 23.5 Å². The highest BCUT2D eigenvalue weighted by Crippen LogP contribution is 2.48. The molecule has 0 atom stereocenters. The van der Waals surface area contributed by atoms with E-state index in [-0.39, 0.29) is 0 Å². The Bertz CT molecular complexity index is 901. The van der Waals surface area contributed by atoms with Crippen LogP contribution in [-0.4, -0.2) is 28.1 Å². The van der Waals surface area contributed by atoms with E-state index in [1.165, 1.54) is 10.4 Å². The fourth-order valence-electron chi connectivity index (χ4n) is 3.53. The van der Waals surface area contributed by atoms with Gasteiger partial charge in [0.2, 0.25) is 0 Å². The predicted octanol–water partition coefficient (Wildman–Crippen LogP) is 4.93. The number of nitrogens with zero attached hydrogens (tertiary/aromatic N) is 4. The SMILES string of the molecule is CC(C)N1SN([C@H]2C[C@H](Nc3nc4ccccc4s3)C2)c2ncccc21. The lowest BCUT2D eigenvalue weighted by Gasteiger charge is -2.41. The summed E-state index contributed by atoms with van der Waals surface area (Å²) in [4.78, 5) is 9.34. The van der Waals surface area contributed by atoms with Crippen LogP contribution in [0.4, 0.5) is 16.6 Å². The molecular weight excluding hydrogens is 362 g/mol. The summed E-state index contributed by atoms with van der Waals surface area (Å²) in [5, 5.41) is 4.65. The molecule has 5 rings (SSSR count). The lowest BCUT2D eigenvalue weighted by molar-refractivity contribution is 0.379. The van der Waals surface area contributed by atoms with Crippen molar-refractivity contribution >= 4 is 50.3 Å². The molecule has 1 N–H and O–H groups in total. The molecule has 5 nitrogen and oxygen atoms in total. The minimum absolute atomic E-state index is 0.449. The molecule has 2 aliphatic rings. The summed E-state index contributed by atoms with van der Waals surface area (Å²) in [6.45, 7) is 4.46. The van der Waals surface area contributed by atoms with Gasteiger partial charge in [-0.3, -0.25) is 8.61 Å². The third-order valence-corrected chi connectivity index (χ3v) is 7.33. The Balaban J connectivity index is 1.27. The van der Waals surface area contributed by atoms with Gasteiger partial charge in [-0.1, -0.05) is 23.5 Å². The van der Waals surface area contributed by atoms with E-state index in [2.05, 4.69) is 57.0 Å². The maximum absolute atomic E-state index is 4.70. The van der Waals surface area contributed by atoms with Crippen LogP contribution in [0.3, 0.4) is 0 Å². The summed E-state index contributed by atoms with van der Waals surface area (Å²) in [6.07, 6.45) is 4.13. The van der Waals surface area contributed by atoms with Gasteiger partial charge in [0.1, 0.15) is 0 Å². The molecule has 1 aliphatic carbocycles. The standard InChI is InChI=1S/C19H21N5S2/c1-12(2)23-16-7-5-9-20-18(16)24(26-23)14-10-13(11-14)21-19-22-15-6-3-4-8-17(15)25-19/h3-9,12-14H,10-11H2,1-2H3,(H,21,22)/t13-,14-. The summed E-state index contributed by atoms with van der Waals surface area (Å²) in [7, 11) is 0. The molecule has 3 heterocycles. The van der Waals surface area contributed by atoms with E-state index >= 15 is 0 Å². The van der Waals surface area contributed by atoms with Crippen LogP contribution < -0.4 is 13.9 Å². The molecule has 1 fully saturated rings. The van der Waals surface area contributed by atoms with Gasteiger partial charge in [0.05, 0.1) is 28.0 Å². The quantitative estimate of drug-likeness (QED) is 0.644. The monoisotopic (exact) mass is 383 g/mol. The minimum atomic E-state index is 0.449. The van der Waals surface area contributed by atoms with Gasteiger partial charge in [0.25, 0.3) is 0 Å². The fourth-order valence-corrected chi connectivity index (χ4v) is 5.60. The Morgan fingerprint density at radius 2 is 2.00 bits per heavy atom. The number of thiazole rings is 1. The topological polar surface area (TPSA) is 44.3 Å². The first kappa shape index (κ1) is 16.2. The Hall–Kier alpha value is -1.99. The van der Waals surface area contributed by atoms with Crippen molar-refractivity contribution in [1.82, 2.24) is 9.97 Å². The smallest absolute Gasteiger partial charge is 0.184 e. The second-order valence-electron chi connectivity index (χ2n) is 7.13. The molecule has 26 heavy (non-hydrogen) atoms. The number of nitrogens with one attached hydrogen (secondary N) is 1. The minimum Gasteiger partial charge on any atom is -0.359 e. The van der Waals surface area contributed by atoms with E-state index in [0.717, 1.165) is 29.3 Å². The fraction of sp³-hybridized carbons (Fsp3) is 0.368. The van der Waals surface area contributed by atoms with Crippen LogP contribution in [0.1, 0.15) is 26.7 Å².